The molecule has 0 unspecified atom stereocenters. The molecule has 0 atom stereocenters. The lowest BCUT2D eigenvalue weighted by molar-refractivity contribution is -0.259. The molecule has 0 spiro atoms. The third-order valence-corrected chi connectivity index (χ3v) is 1.19. The van der Waals surface area contributed by atoms with Crippen LogP contribution in [-0.4, -0.2) is 19.1 Å². The summed E-state index contributed by atoms with van der Waals surface area (Å²) in [6.45, 7) is 1.72. The van der Waals surface area contributed by atoms with E-state index in [2.05, 4.69) is 4.74 Å². The van der Waals surface area contributed by atoms with Crippen molar-refractivity contribution in [2.75, 3.05) is 6.61 Å². The van der Waals surface area contributed by atoms with Crippen LogP contribution in [0.25, 0.3) is 0 Å². The molecule has 1 nitrogen and oxygen atoms in total. The lowest BCUT2D eigenvalue weighted by Crippen LogP contribution is -2.27. The van der Waals surface area contributed by atoms with Crippen molar-refractivity contribution in [1.29, 1.82) is 0 Å². The van der Waals surface area contributed by atoms with E-state index in [0.717, 1.165) is 0 Å². The molecular formula is C8H11F9O. The van der Waals surface area contributed by atoms with Crippen molar-refractivity contribution in [3.05, 3.63) is 12.2 Å². The Labute approximate surface area is 96.8 Å². The molecule has 0 fully saturated rings. The number of hydrogen-bond acceptors (Lipinski definition) is 1. The van der Waals surface area contributed by atoms with E-state index in [4.69, 9.17) is 0 Å². The normalized spacial score (nSPS) is 11.3. The summed E-state index contributed by atoms with van der Waals surface area (Å²) in [5.41, 5.74) is 0. The zero-order valence-corrected chi connectivity index (χ0v) is 9.20. The number of hydrogen-bond donors (Lipinski definition) is 0. The van der Waals surface area contributed by atoms with Crippen LogP contribution in [0.4, 0.5) is 39.8 Å². The molecular weight excluding hydrogens is 283 g/mol. The molecule has 0 rings (SSSR count). The SMILES string of the molecule is CC(C)C(F)(F)OCC=C(F)F.F.FC(F)(F)F. The predicted octanol–water partition coefficient (Wildman–Crippen LogP) is 4.66. The summed E-state index contributed by atoms with van der Waals surface area (Å²) in [5.74, 6) is -1.02. The van der Waals surface area contributed by atoms with Gasteiger partial charge in [-0.25, -0.2) is 0 Å². The number of rotatable bonds is 4. The molecule has 18 heavy (non-hydrogen) atoms. The Morgan fingerprint density at radius 2 is 1.39 bits per heavy atom. The van der Waals surface area contributed by atoms with E-state index in [-0.39, 0.29) is 4.70 Å². The minimum atomic E-state index is -5.50. The fraction of sp³-hybridized carbons (Fsp3) is 0.750. The van der Waals surface area contributed by atoms with Crippen LogP contribution in [-0.2, 0) is 4.74 Å². The van der Waals surface area contributed by atoms with Crippen LogP contribution in [0.15, 0.2) is 12.2 Å². The third kappa shape index (κ3) is 20.5. The van der Waals surface area contributed by atoms with E-state index in [1.807, 2.05) is 0 Å². The van der Waals surface area contributed by atoms with Crippen LogP contribution < -0.4 is 0 Å². The van der Waals surface area contributed by atoms with Crippen molar-refractivity contribution >= 4 is 0 Å². The van der Waals surface area contributed by atoms with Gasteiger partial charge in [0.25, 0.3) is 6.08 Å². The Kier molecular flexibility index (Phi) is 11.2. The van der Waals surface area contributed by atoms with E-state index in [1.54, 1.807) is 0 Å². The molecule has 0 aliphatic rings. The standard InChI is InChI=1S/C7H10F4O.CF4.FH/c1-5(2)7(10,11)12-4-3-6(8)9;2-1(3,4)5;/h3,5H,4H2,1-2H3;;1H. The van der Waals surface area contributed by atoms with E-state index in [0.29, 0.717) is 6.08 Å². The van der Waals surface area contributed by atoms with Crippen molar-refractivity contribution in [2.24, 2.45) is 5.92 Å². The van der Waals surface area contributed by atoms with Crippen molar-refractivity contribution in [3.8, 4) is 0 Å². The van der Waals surface area contributed by atoms with Crippen LogP contribution in [0.5, 0.6) is 0 Å². The minimum absolute atomic E-state index is 0. The van der Waals surface area contributed by atoms with Gasteiger partial charge in [0.15, 0.2) is 0 Å². The van der Waals surface area contributed by atoms with Crippen LogP contribution in [0, 0.1) is 5.92 Å². The fourth-order valence-electron chi connectivity index (χ4n) is 0.382. The monoisotopic (exact) mass is 294 g/mol. The molecule has 0 aromatic carbocycles. The van der Waals surface area contributed by atoms with E-state index in [1.165, 1.54) is 13.8 Å². The van der Waals surface area contributed by atoms with Crippen LogP contribution in [0.2, 0.25) is 0 Å². The molecule has 0 saturated carbocycles. The van der Waals surface area contributed by atoms with Gasteiger partial charge in [-0.05, 0) is 0 Å². The molecule has 0 amide bonds. The smallest absolute Gasteiger partial charge is 0.316 e. The Morgan fingerprint density at radius 3 is 1.61 bits per heavy atom. The van der Waals surface area contributed by atoms with Crippen molar-refractivity contribution in [1.82, 2.24) is 0 Å². The van der Waals surface area contributed by atoms with Gasteiger partial charge in [-0.3, -0.25) is 4.70 Å². The van der Waals surface area contributed by atoms with Crippen molar-refractivity contribution in [2.45, 2.75) is 26.4 Å². The summed E-state index contributed by atoms with van der Waals surface area (Å²) < 4.78 is 90.4. The zero-order valence-electron chi connectivity index (χ0n) is 9.20. The minimum Gasteiger partial charge on any atom is -0.316 e. The van der Waals surface area contributed by atoms with Crippen LogP contribution in [0.3, 0.4) is 0 Å². The predicted molar refractivity (Wildman–Crippen MR) is 45.7 cm³/mol. The highest BCUT2D eigenvalue weighted by Crippen LogP contribution is 2.25. The molecule has 0 aromatic heterocycles. The first-order chi connectivity index (χ1) is 7.36. The van der Waals surface area contributed by atoms with Gasteiger partial charge in [-0.2, -0.15) is 17.6 Å². The Bertz CT molecular complexity index is 223. The van der Waals surface area contributed by atoms with Gasteiger partial charge in [0.05, 0.1) is 6.61 Å². The second-order valence-corrected chi connectivity index (χ2v) is 2.95. The van der Waals surface area contributed by atoms with Gasteiger partial charge in [0, 0.05) is 12.0 Å². The summed E-state index contributed by atoms with van der Waals surface area (Å²) in [7, 11) is 0. The van der Waals surface area contributed by atoms with Crippen molar-refractivity contribution < 1.29 is 44.6 Å². The molecule has 0 saturated heterocycles. The van der Waals surface area contributed by atoms with Gasteiger partial charge in [0.2, 0.25) is 0 Å². The fourth-order valence-corrected chi connectivity index (χ4v) is 0.382. The largest absolute Gasteiger partial charge is 0.559 e. The van der Waals surface area contributed by atoms with Crippen molar-refractivity contribution in [3.63, 3.8) is 0 Å². The zero-order chi connectivity index (χ0) is 14.3. The second kappa shape index (κ2) is 9.06. The molecule has 0 aliphatic carbocycles. The highest BCUT2D eigenvalue weighted by Gasteiger charge is 2.33. The quantitative estimate of drug-likeness (QED) is 0.685. The van der Waals surface area contributed by atoms with Gasteiger partial charge >= 0.3 is 12.5 Å². The Balaban J connectivity index is -0.000000321. The number of ether oxygens (including phenoxy) is 1. The van der Waals surface area contributed by atoms with Gasteiger partial charge in [-0.1, -0.05) is 13.8 Å². The average molecular weight is 294 g/mol. The van der Waals surface area contributed by atoms with E-state index >= 15 is 0 Å². The molecule has 0 heterocycles. The summed E-state index contributed by atoms with van der Waals surface area (Å²) in [6.07, 6.45) is -10.6. The first-order valence-electron chi connectivity index (χ1n) is 4.14. The molecule has 0 radical (unpaired) electrons. The second-order valence-electron chi connectivity index (χ2n) is 2.95. The summed E-state index contributed by atoms with van der Waals surface area (Å²) in [5, 5.41) is 0. The lowest BCUT2D eigenvalue weighted by Gasteiger charge is -2.18. The first kappa shape index (κ1) is 22.3. The topological polar surface area (TPSA) is 9.23 Å². The van der Waals surface area contributed by atoms with Crippen LogP contribution >= 0.6 is 0 Å². The first-order valence-corrected chi connectivity index (χ1v) is 4.14. The van der Waals surface area contributed by atoms with E-state index in [9.17, 15) is 35.1 Å². The maximum Gasteiger partial charge on any atom is 0.559 e. The molecule has 0 bridgehead atoms. The number of halogens is 9. The number of alkyl halides is 6. The van der Waals surface area contributed by atoms with Crippen LogP contribution in [0.1, 0.15) is 13.8 Å². The molecule has 0 aromatic rings. The lowest BCUT2D eigenvalue weighted by atomic mass is 10.2. The molecule has 10 heteroatoms. The van der Waals surface area contributed by atoms with Gasteiger partial charge < -0.3 is 4.74 Å². The Hall–Kier alpha value is -0.930. The molecule has 0 aliphatic heterocycles. The maximum absolute atomic E-state index is 12.5. The average Bonchev–Trinajstić information content (AvgIpc) is 1.98. The van der Waals surface area contributed by atoms with E-state index < -0.39 is 31.1 Å². The maximum atomic E-state index is 12.5. The third-order valence-electron chi connectivity index (χ3n) is 1.19. The molecule has 112 valence electrons. The highest BCUT2D eigenvalue weighted by molar-refractivity contribution is 4.80. The summed E-state index contributed by atoms with van der Waals surface area (Å²) in [6, 6.07) is 0. The van der Waals surface area contributed by atoms with Gasteiger partial charge in [-0.15, -0.1) is 17.6 Å². The highest BCUT2D eigenvalue weighted by atomic mass is 19.5. The summed E-state index contributed by atoms with van der Waals surface area (Å²) >= 11 is 0. The molecule has 0 N–H and O–H groups in total. The van der Waals surface area contributed by atoms with Gasteiger partial charge in [0.1, 0.15) is 0 Å². The summed E-state index contributed by atoms with van der Waals surface area (Å²) in [4.78, 5) is 0. The Morgan fingerprint density at radius 1 is 1.06 bits per heavy atom.